The van der Waals surface area contributed by atoms with Crippen LogP contribution in [0.3, 0.4) is 0 Å². The Morgan fingerprint density at radius 2 is 1.78 bits per heavy atom. The number of carbonyl (C=O) groups excluding carboxylic acids is 3. The Labute approximate surface area is 157 Å². The Bertz CT molecular complexity index is 813. The highest BCUT2D eigenvalue weighted by atomic mass is 16.5. The lowest BCUT2D eigenvalue weighted by Crippen LogP contribution is -2.50. The zero-order chi connectivity index (χ0) is 19.1. The molecule has 7 nitrogen and oxygen atoms in total. The monoisotopic (exact) mass is 367 g/mol. The molecule has 0 radical (unpaired) electrons. The first-order chi connectivity index (χ1) is 13.1. The van der Waals surface area contributed by atoms with Crippen molar-refractivity contribution >= 4 is 17.7 Å². The third kappa shape index (κ3) is 5.07. The Hall–Kier alpha value is -3.35. The van der Waals surface area contributed by atoms with Crippen molar-refractivity contribution in [1.29, 1.82) is 0 Å². The van der Waals surface area contributed by atoms with Gasteiger partial charge in [-0.25, -0.2) is 0 Å². The van der Waals surface area contributed by atoms with E-state index >= 15 is 0 Å². The Kier molecular flexibility index (Phi) is 6.04. The van der Waals surface area contributed by atoms with E-state index in [1.54, 1.807) is 6.07 Å². The summed E-state index contributed by atoms with van der Waals surface area (Å²) in [6, 6.07) is 17.2. The van der Waals surface area contributed by atoms with Gasteiger partial charge in [0, 0.05) is 18.5 Å². The van der Waals surface area contributed by atoms with Crippen molar-refractivity contribution in [2.24, 2.45) is 5.92 Å². The molecule has 1 atom stereocenters. The van der Waals surface area contributed by atoms with Gasteiger partial charge in [-0.1, -0.05) is 48.5 Å². The number of hydrogen-bond acceptors (Lipinski definition) is 4. The third-order valence-electron chi connectivity index (χ3n) is 4.29. The Morgan fingerprint density at radius 1 is 1.04 bits per heavy atom. The van der Waals surface area contributed by atoms with Crippen LogP contribution in [0.25, 0.3) is 11.1 Å². The van der Waals surface area contributed by atoms with Crippen LogP contribution >= 0.6 is 0 Å². The van der Waals surface area contributed by atoms with E-state index in [4.69, 9.17) is 4.74 Å². The lowest BCUT2D eigenvalue weighted by molar-refractivity contribution is -0.133. The van der Waals surface area contributed by atoms with Crippen LogP contribution in [0.5, 0.6) is 5.75 Å². The molecule has 1 fully saturated rings. The number of hydrazine groups is 1. The first kappa shape index (κ1) is 18.4. The van der Waals surface area contributed by atoms with Crippen molar-refractivity contribution in [2.45, 2.75) is 12.8 Å². The van der Waals surface area contributed by atoms with Gasteiger partial charge in [0.1, 0.15) is 5.75 Å². The summed E-state index contributed by atoms with van der Waals surface area (Å²) in [5.41, 5.74) is 6.59. The zero-order valence-corrected chi connectivity index (χ0v) is 14.7. The molecule has 0 unspecified atom stereocenters. The first-order valence-corrected chi connectivity index (χ1v) is 8.76. The van der Waals surface area contributed by atoms with E-state index in [0.717, 1.165) is 11.1 Å². The predicted octanol–water partition coefficient (Wildman–Crippen LogP) is 1.41. The number of carbonyl (C=O) groups is 3. The van der Waals surface area contributed by atoms with E-state index in [2.05, 4.69) is 16.2 Å². The highest BCUT2D eigenvalue weighted by molar-refractivity contribution is 5.86. The van der Waals surface area contributed by atoms with E-state index in [1.807, 2.05) is 48.5 Å². The third-order valence-corrected chi connectivity index (χ3v) is 4.29. The molecular formula is C20H21N3O4. The van der Waals surface area contributed by atoms with Crippen LogP contribution in [-0.2, 0) is 14.4 Å². The summed E-state index contributed by atoms with van der Waals surface area (Å²) in [5, 5.41) is 2.63. The maximum atomic E-state index is 12.0. The molecule has 0 saturated carbocycles. The number of benzene rings is 2. The molecular weight excluding hydrogens is 346 g/mol. The molecule has 1 aliphatic rings. The lowest BCUT2D eigenvalue weighted by Gasteiger charge is -2.21. The summed E-state index contributed by atoms with van der Waals surface area (Å²) in [6.07, 6.45) is 0.778. The number of piperidine rings is 1. The molecule has 27 heavy (non-hydrogen) atoms. The van der Waals surface area contributed by atoms with Gasteiger partial charge in [0.15, 0.2) is 6.61 Å². The SMILES string of the molecule is O=C1CC[C@@H](C(=O)NNC(=O)COc2ccccc2-c2ccccc2)CN1. The highest BCUT2D eigenvalue weighted by Gasteiger charge is 2.24. The molecule has 0 spiro atoms. The zero-order valence-electron chi connectivity index (χ0n) is 14.7. The van der Waals surface area contributed by atoms with Gasteiger partial charge in [-0.15, -0.1) is 0 Å². The summed E-state index contributed by atoms with van der Waals surface area (Å²) in [7, 11) is 0. The van der Waals surface area contributed by atoms with E-state index in [-0.39, 0.29) is 30.9 Å². The van der Waals surface area contributed by atoms with E-state index < -0.39 is 5.91 Å². The molecule has 3 N–H and O–H groups in total. The van der Waals surface area contributed by atoms with Crippen LogP contribution in [0.1, 0.15) is 12.8 Å². The average Bonchev–Trinajstić information content (AvgIpc) is 2.72. The number of para-hydroxylation sites is 1. The summed E-state index contributed by atoms with van der Waals surface area (Å²) in [6.45, 7) is 0.0486. The van der Waals surface area contributed by atoms with E-state index in [1.165, 1.54) is 0 Å². The molecule has 2 aromatic rings. The standard InChI is InChI=1S/C20H21N3O4/c24-18-11-10-15(12-21-18)20(26)23-22-19(25)13-27-17-9-5-4-8-16(17)14-6-2-1-3-7-14/h1-9,15H,10-13H2,(H,21,24)(H,22,25)(H,23,26)/t15-/m1/s1. The van der Waals surface area contributed by atoms with Crippen molar-refractivity contribution in [3.63, 3.8) is 0 Å². The predicted molar refractivity (Wildman–Crippen MR) is 99.4 cm³/mol. The van der Waals surface area contributed by atoms with Gasteiger partial charge < -0.3 is 10.1 Å². The number of rotatable bonds is 5. The highest BCUT2D eigenvalue weighted by Crippen LogP contribution is 2.29. The fraction of sp³-hybridized carbons (Fsp3) is 0.250. The van der Waals surface area contributed by atoms with Crippen molar-refractivity contribution in [3.05, 3.63) is 54.6 Å². The number of amides is 3. The van der Waals surface area contributed by atoms with Gasteiger partial charge >= 0.3 is 0 Å². The minimum Gasteiger partial charge on any atom is -0.483 e. The van der Waals surface area contributed by atoms with Gasteiger partial charge in [-0.2, -0.15) is 0 Å². The van der Waals surface area contributed by atoms with Gasteiger partial charge in [0.05, 0.1) is 5.92 Å². The molecule has 1 saturated heterocycles. The molecule has 0 aliphatic carbocycles. The van der Waals surface area contributed by atoms with Crippen molar-refractivity contribution < 1.29 is 19.1 Å². The smallest absolute Gasteiger partial charge is 0.276 e. The van der Waals surface area contributed by atoms with Crippen LogP contribution in [0, 0.1) is 5.92 Å². The Balaban J connectivity index is 1.50. The summed E-state index contributed by atoms with van der Waals surface area (Å²) in [5.74, 6) is -0.615. The summed E-state index contributed by atoms with van der Waals surface area (Å²) in [4.78, 5) is 35.1. The van der Waals surface area contributed by atoms with Gasteiger partial charge in [-0.05, 0) is 18.1 Å². The van der Waals surface area contributed by atoms with Crippen molar-refractivity contribution in [2.75, 3.05) is 13.2 Å². The van der Waals surface area contributed by atoms with Gasteiger partial charge in [0.2, 0.25) is 11.8 Å². The normalized spacial score (nSPS) is 16.1. The van der Waals surface area contributed by atoms with Crippen molar-refractivity contribution in [3.8, 4) is 16.9 Å². The fourth-order valence-corrected chi connectivity index (χ4v) is 2.82. The molecule has 1 heterocycles. The molecule has 0 aromatic heterocycles. The first-order valence-electron chi connectivity index (χ1n) is 8.76. The number of ether oxygens (including phenoxy) is 1. The second kappa shape index (κ2) is 8.84. The molecule has 140 valence electrons. The second-order valence-electron chi connectivity index (χ2n) is 6.23. The summed E-state index contributed by atoms with van der Waals surface area (Å²) < 4.78 is 5.62. The summed E-state index contributed by atoms with van der Waals surface area (Å²) >= 11 is 0. The molecule has 7 heteroatoms. The molecule has 3 amide bonds. The lowest BCUT2D eigenvalue weighted by atomic mass is 9.99. The molecule has 1 aliphatic heterocycles. The second-order valence-corrected chi connectivity index (χ2v) is 6.23. The minimum absolute atomic E-state index is 0.0615. The average molecular weight is 367 g/mol. The van der Waals surface area contributed by atoms with E-state index in [0.29, 0.717) is 18.6 Å². The van der Waals surface area contributed by atoms with Crippen LogP contribution < -0.4 is 20.9 Å². The van der Waals surface area contributed by atoms with Gasteiger partial charge in [-0.3, -0.25) is 25.2 Å². The van der Waals surface area contributed by atoms with Crippen molar-refractivity contribution in [1.82, 2.24) is 16.2 Å². The number of nitrogens with one attached hydrogen (secondary N) is 3. The Morgan fingerprint density at radius 3 is 2.52 bits per heavy atom. The molecule has 0 bridgehead atoms. The topological polar surface area (TPSA) is 96.5 Å². The largest absolute Gasteiger partial charge is 0.483 e. The van der Waals surface area contributed by atoms with Crippen LogP contribution in [0.4, 0.5) is 0 Å². The minimum atomic E-state index is -0.467. The van der Waals surface area contributed by atoms with Crippen LogP contribution in [-0.4, -0.2) is 30.9 Å². The number of hydrogen-bond donors (Lipinski definition) is 3. The molecule has 2 aromatic carbocycles. The maximum Gasteiger partial charge on any atom is 0.276 e. The fourth-order valence-electron chi connectivity index (χ4n) is 2.82. The quantitative estimate of drug-likeness (QED) is 0.696. The van der Waals surface area contributed by atoms with Gasteiger partial charge in [0.25, 0.3) is 5.91 Å². The van der Waals surface area contributed by atoms with Crippen LogP contribution in [0.15, 0.2) is 54.6 Å². The molecule has 3 rings (SSSR count). The van der Waals surface area contributed by atoms with E-state index in [9.17, 15) is 14.4 Å². The maximum absolute atomic E-state index is 12.0. The van der Waals surface area contributed by atoms with Crippen LogP contribution in [0.2, 0.25) is 0 Å².